The van der Waals surface area contributed by atoms with E-state index < -0.39 is 0 Å². The Hall–Kier alpha value is -1.70. The molecule has 2 aliphatic rings. The molecule has 0 radical (unpaired) electrons. The highest BCUT2D eigenvalue weighted by molar-refractivity contribution is 5.51. The highest BCUT2D eigenvalue weighted by atomic mass is 16.5. The number of methoxy groups -OCH3 is 1. The third-order valence-corrected chi connectivity index (χ3v) is 3.65. The van der Waals surface area contributed by atoms with Crippen molar-refractivity contribution in [1.82, 2.24) is 0 Å². The zero-order chi connectivity index (χ0) is 12.0. The van der Waals surface area contributed by atoms with Crippen molar-refractivity contribution >= 4 is 0 Å². The molecule has 2 atom stereocenters. The summed E-state index contributed by atoms with van der Waals surface area (Å²) in [7, 11) is 1.67. The molecular formula is C15H16O2. The van der Waals surface area contributed by atoms with E-state index in [1.54, 1.807) is 7.11 Å². The van der Waals surface area contributed by atoms with Crippen LogP contribution in [0.5, 0.6) is 11.5 Å². The van der Waals surface area contributed by atoms with E-state index in [1.807, 2.05) is 12.1 Å². The maximum Gasteiger partial charge on any atom is 0.128 e. The fourth-order valence-electron chi connectivity index (χ4n) is 2.66. The van der Waals surface area contributed by atoms with Crippen LogP contribution >= 0.6 is 0 Å². The molecule has 2 unspecified atom stereocenters. The second-order valence-corrected chi connectivity index (χ2v) is 4.98. The van der Waals surface area contributed by atoms with Gasteiger partial charge in [0.2, 0.25) is 0 Å². The molecule has 0 saturated carbocycles. The van der Waals surface area contributed by atoms with E-state index in [2.05, 4.69) is 31.7 Å². The first-order chi connectivity index (χ1) is 8.11. The second-order valence-electron chi connectivity index (χ2n) is 4.98. The molecule has 0 saturated heterocycles. The van der Waals surface area contributed by atoms with Crippen LogP contribution in [0.4, 0.5) is 0 Å². The first kappa shape index (κ1) is 10.5. The summed E-state index contributed by atoms with van der Waals surface area (Å²) in [6.07, 6.45) is 5.16. The SMILES string of the molecule is C=C1C=CC2(C)CC1c1ccc(OC)cc1O2. The molecule has 0 spiro atoms. The Labute approximate surface area is 102 Å². The van der Waals surface area contributed by atoms with Gasteiger partial charge in [-0.05, 0) is 24.6 Å². The van der Waals surface area contributed by atoms with Crippen LogP contribution in [-0.2, 0) is 0 Å². The summed E-state index contributed by atoms with van der Waals surface area (Å²) in [5, 5.41) is 0. The standard InChI is InChI=1S/C15H16O2/c1-10-6-7-15(2)9-13(10)12-5-4-11(16-3)8-14(12)17-15/h4-8,13H,1,9H2,2-3H3. The van der Waals surface area contributed by atoms with Crippen LogP contribution in [-0.4, -0.2) is 12.7 Å². The van der Waals surface area contributed by atoms with Gasteiger partial charge in [0, 0.05) is 24.0 Å². The lowest BCUT2D eigenvalue weighted by Gasteiger charge is -2.41. The van der Waals surface area contributed by atoms with Crippen molar-refractivity contribution in [2.45, 2.75) is 24.9 Å². The molecular weight excluding hydrogens is 212 g/mol. The predicted molar refractivity (Wildman–Crippen MR) is 67.7 cm³/mol. The first-order valence-electron chi connectivity index (χ1n) is 5.86. The lowest BCUT2D eigenvalue weighted by Crippen LogP contribution is -2.38. The van der Waals surface area contributed by atoms with Crippen LogP contribution in [0.1, 0.15) is 24.8 Å². The largest absolute Gasteiger partial charge is 0.497 e. The fourth-order valence-corrected chi connectivity index (χ4v) is 2.66. The Morgan fingerprint density at radius 1 is 1.47 bits per heavy atom. The van der Waals surface area contributed by atoms with Gasteiger partial charge >= 0.3 is 0 Å². The number of rotatable bonds is 1. The third-order valence-electron chi connectivity index (χ3n) is 3.65. The summed E-state index contributed by atoms with van der Waals surface area (Å²) in [5.74, 6) is 2.13. The van der Waals surface area contributed by atoms with E-state index in [0.717, 1.165) is 23.5 Å². The minimum Gasteiger partial charge on any atom is -0.497 e. The fraction of sp³-hybridized carbons (Fsp3) is 0.333. The van der Waals surface area contributed by atoms with E-state index in [1.165, 1.54) is 5.56 Å². The van der Waals surface area contributed by atoms with Gasteiger partial charge in [-0.25, -0.2) is 0 Å². The monoisotopic (exact) mass is 228 g/mol. The van der Waals surface area contributed by atoms with Gasteiger partial charge in [0.1, 0.15) is 17.1 Å². The van der Waals surface area contributed by atoms with E-state index in [9.17, 15) is 0 Å². The average Bonchev–Trinajstić information content (AvgIpc) is 2.33. The van der Waals surface area contributed by atoms with Crippen LogP contribution in [0.25, 0.3) is 0 Å². The van der Waals surface area contributed by atoms with E-state index >= 15 is 0 Å². The number of hydrogen-bond acceptors (Lipinski definition) is 2. The van der Waals surface area contributed by atoms with E-state index in [4.69, 9.17) is 9.47 Å². The van der Waals surface area contributed by atoms with Crippen molar-refractivity contribution in [3.63, 3.8) is 0 Å². The molecule has 0 amide bonds. The molecule has 1 heterocycles. The molecule has 2 bridgehead atoms. The lowest BCUT2D eigenvalue weighted by atomic mass is 9.75. The van der Waals surface area contributed by atoms with Crippen molar-refractivity contribution in [3.8, 4) is 11.5 Å². The topological polar surface area (TPSA) is 18.5 Å². The van der Waals surface area contributed by atoms with Crippen molar-refractivity contribution in [2.24, 2.45) is 0 Å². The van der Waals surface area contributed by atoms with Crippen molar-refractivity contribution < 1.29 is 9.47 Å². The predicted octanol–water partition coefficient (Wildman–Crippen LogP) is 3.45. The Kier molecular flexibility index (Phi) is 2.09. The van der Waals surface area contributed by atoms with Crippen LogP contribution in [0.2, 0.25) is 0 Å². The zero-order valence-electron chi connectivity index (χ0n) is 10.2. The van der Waals surface area contributed by atoms with Gasteiger partial charge in [-0.15, -0.1) is 0 Å². The van der Waals surface area contributed by atoms with Crippen molar-refractivity contribution in [1.29, 1.82) is 0 Å². The van der Waals surface area contributed by atoms with Gasteiger partial charge < -0.3 is 9.47 Å². The van der Waals surface area contributed by atoms with Gasteiger partial charge in [0.05, 0.1) is 7.11 Å². The Morgan fingerprint density at radius 3 is 3.06 bits per heavy atom. The lowest BCUT2D eigenvalue weighted by molar-refractivity contribution is 0.102. The zero-order valence-corrected chi connectivity index (χ0v) is 10.2. The van der Waals surface area contributed by atoms with Crippen molar-refractivity contribution in [3.05, 3.63) is 48.1 Å². The van der Waals surface area contributed by atoms with Crippen LogP contribution in [0, 0.1) is 0 Å². The highest BCUT2D eigenvalue weighted by Crippen LogP contribution is 2.48. The second kappa shape index (κ2) is 3.39. The van der Waals surface area contributed by atoms with Crippen molar-refractivity contribution in [2.75, 3.05) is 7.11 Å². The summed E-state index contributed by atoms with van der Waals surface area (Å²) in [5.41, 5.74) is 2.18. The quantitative estimate of drug-likeness (QED) is 0.733. The van der Waals surface area contributed by atoms with Crippen LogP contribution in [0.3, 0.4) is 0 Å². The number of allylic oxidation sites excluding steroid dienone is 2. The highest BCUT2D eigenvalue weighted by Gasteiger charge is 2.39. The normalized spacial score (nSPS) is 29.5. The Balaban J connectivity index is 2.13. The van der Waals surface area contributed by atoms with Crippen LogP contribution < -0.4 is 9.47 Å². The van der Waals surface area contributed by atoms with Gasteiger partial charge in [-0.3, -0.25) is 0 Å². The van der Waals surface area contributed by atoms with Gasteiger partial charge in [0.15, 0.2) is 0 Å². The average molecular weight is 228 g/mol. The number of ether oxygens (including phenoxy) is 2. The summed E-state index contributed by atoms with van der Waals surface area (Å²) >= 11 is 0. The molecule has 0 aromatic heterocycles. The molecule has 0 fully saturated rings. The molecule has 1 aliphatic carbocycles. The Bertz CT molecular complexity index is 516. The van der Waals surface area contributed by atoms with Gasteiger partial charge in [0.25, 0.3) is 0 Å². The molecule has 2 nitrogen and oxygen atoms in total. The van der Waals surface area contributed by atoms with E-state index in [-0.39, 0.29) is 5.60 Å². The molecule has 88 valence electrons. The number of fused-ring (bicyclic) bond motifs is 4. The van der Waals surface area contributed by atoms with Gasteiger partial charge in [-0.2, -0.15) is 0 Å². The summed E-state index contributed by atoms with van der Waals surface area (Å²) in [6.45, 7) is 6.25. The minimum atomic E-state index is -0.203. The maximum absolute atomic E-state index is 6.07. The Morgan fingerprint density at radius 2 is 2.29 bits per heavy atom. The number of benzene rings is 1. The molecule has 1 aliphatic heterocycles. The third kappa shape index (κ3) is 1.55. The molecule has 0 N–H and O–H groups in total. The molecule has 1 aromatic rings. The molecule has 3 rings (SSSR count). The van der Waals surface area contributed by atoms with Gasteiger partial charge in [-0.1, -0.05) is 18.7 Å². The summed E-state index contributed by atoms with van der Waals surface area (Å²) in [4.78, 5) is 0. The number of hydrogen-bond donors (Lipinski definition) is 0. The first-order valence-corrected chi connectivity index (χ1v) is 5.86. The summed E-state index contributed by atoms with van der Waals surface area (Å²) in [6, 6.07) is 6.03. The summed E-state index contributed by atoms with van der Waals surface area (Å²) < 4.78 is 11.3. The molecule has 17 heavy (non-hydrogen) atoms. The van der Waals surface area contributed by atoms with E-state index in [0.29, 0.717) is 5.92 Å². The maximum atomic E-state index is 6.07. The van der Waals surface area contributed by atoms with Crippen LogP contribution in [0.15, 0.2) is 42.5 Å². The smallest absolute Gasteiger partial charge is 0.128 e. The molecule has 1 aromatic carbocycles. The molecule has 2 heteroatoms. The minimum absolute atomic E-state index is 0.203.